The van der Waals surface area contributed by atoms with Crippen molar-refractivity contribution in [1.82, 2.24) is 4.90 Å². The van der Waals surface area contributed by atoms with Crippen molar-refractivity contribution >= 4 is 11.9 Å². The zero-order chi connectivity index (χ0) is 16.8. The van der Waals surface area contributed by atoms with Gasteiger partial charge in [-0.1, -0.05) is 19.4 Å². The van der Waals surface area contributed by atoms with Gasteiger partial charge in [0, 0.05) is 13.1 Å². The molecule has 0 saturated heterocycles. The lowest BCUT2D eigenvalue weighted by Crippen LogP contribution is -2.36. The number of carbonyl (C=O) groups excluding carboxylic acids is 2. The molecular weight excluding hydrogens is 294 g/mol. The fourth-order valence-corrected chi connectivity index (χ4v) is 2.95. The van der Waals surface area contributed by atoms with Crippen LogP contribution in [-0.4, -0.2) is 37.5 Å². The van der Waals surface area contributed by atoms with Crippen molar-refractivity contribution in [2.75, 3.05) is 20.8 Å². The summed E-state index contributed by atoms with van der Waals surface area (Å²) in [5.41, 5.74) is 2.20. The monoisotopic (exact) mass is 319 g/mol. The van der Waals surface area contributed by atoms with Gasteiger partial charge in [-0.3, -0.25) is 9.59 Å². The van der Waals surface area contributed by atoms with Crippen molar-refractivity contribution in [3.8, 4) is 5.75 Å². The first-order chi connectivity index (χ1) is 11.1. The van der Waals surface area contributed by atoms with Gasteiger partial charge in [-0.25, -0.2) is 0 Å². The average molecular weight is 319 g/mol. The third-order valence-corrected chi connectivity index (χ3v) is 4.32. The Bertz CT molecular complexity index is 570. The van der Waals surface area contributed by atoms with Crippen molar-refractivity contribution in [3.05, 3.63) is 29.3 Å². The SMILES string of the molecule is CCCCN1Cc2cc(OC)ccc2CC(CC(=O)OC)C1=O. The molecule has 1 amide bonds. The minimum Gasteiger partial charge on any atom is -0.497 e. The molecule has 1 aliphatic heterocycles. The van der Waals surface area contributed by atoms with Gasteiger partial charge in [0.25, 0.3) is 0 Å². The molecule has 5 heteroatoms. The summed E-state index contributed by atoms with van der Waals surface area (Å²) in [6.07, 6.45) is 2.67. The summed E-state index contributed by atoms with van der Waals surface area (Å²) < 4.78 is 10.0. The molecule has 126 valence electrons. The minimum absolute atomic E-state index is 0.0408. The zero-order valence-electron chi connectivity index (χ0n) is 14.1. The second kappa shape index (κ2) is 7.99. The van der Waals surface area contributed by atoms with E-state index >= 15 is 0 Å². The Hall–Kier alpha value is -2.04. The molecule has 0 aromatic heterocycles. The largest absolute Gasteiger partial charge is 0.497 e. The average Bonchev–Trinajstić information content (AvgIpc) is 2.69. The third kappa shape index (κ3) is 4.24. The number of benzene rings is 1. The van der Waals surface area contributed by atoms with E-state index in [2.05, 4.69) is 6.92 Å². The van der Waals surface area contributed by atoms with Gasteiger partial charge < -0.3 is 14.4 Å². The Morgan fingerprint density at radius 3 is 2.74 bits per heavy atom. The predicted molar refractivity (Wildman–Crippen MR) is 87.1 cm³/mol. The Morgan fingerprint density at radius 2 is 2.09 bits per heavy atom. The molecular formula is C18H25NO4. The van der Waals surface area contributed by atoms with Gasteiger partial charge in [0.15, 0.2) is 0 Å². The minimum atomic E-state index is -0.353. The zero-order valence-corrected chi connectivity index (χ0v) is 14.1. The highest BCUT2D eigenvalue weighted by molar-refractivity contribution is 5.84. The number of rotatable bonds is 6. The third-order valence-electron chi connectivity index (χ3n) is 4.32. The number of unbranched alkanes of at least 4 members (excludes halogenated alkanes) is 1. The summed E-state index contributed by atoms with van der Waals surface area (Å²) in [6, 6.07) is 5.89. The standard InChI is InChI=1S/C18H25NO4/c1-4-5-8-19-12-15-10-16(22-2)7-6-13(15)9-14(18(19)21)11-17(20)23-3/h6-7,10,14H,4-5,8-9,11-12H2,1-3H3. The predicted octanol–water partition coefficient (Wildman–Crippen LogP) is 2.56. The van der Waals surface area contributed by atoms with Crippen LogP contribution in [0, 0.1) is 5.92 Å². The summed E-state index contributed by atoms with van der Waals surface area (Å²) >= 11 is 0. The fourth-order valence-electron chi connectivity index (χ4n) is 2.95. The van der Waals surface area contributed by atoms with E-state index in [0.29, 0.717) is 19.5 Å². The van der Waals surface area contributed by atoms with E-state index in [1.54, 1.807) is 7.11 Å². The fraction of sp³-hybridized carbons (Fsp3) is 0.556. The van der Waals surface area contributed by atoms with Gasteiger partial charge in [-0.05, 0) is 36.1 Å². The summed E-state index contributed by atoms with van der Waals surface area (Å²) in [5.74, 6) is 0.141. The normalized spacial score (nSPS) is 17.4. The number of carbonyl (C=O) groups is 2. The quantitative estimate of drug-likeness (QED) is 0.756. The lowest BCUT2D eigenvalue weighted by molar-refractivity contribution is -0.146. The topological polar surface area (TPSA) is 55.8 Å². The number of esters is 1. The van der Waals surface area contributed by atoms with E-state index in [9.17, 15) is 9.59 Å². The molecule has 1 heterocycles. The van der Waals surface area contributed by atoms with Crippen LogP contribution in [0.1, 0.15) is 37.3 Å². The van der Waals surface area contributed by atoms with Gasteiger partial charge in [0.1, 0.15) is 5.75 Å². The maximum atomic E-state index is 12.8. The van der Waals surface area contributed by atoms with Gasteiger partial charge in [0.05, 0.1) is 26.6 Å². The Kier molecular flexibility index (Phi) is 6.02. The number of fused-ring (bicyclic) bond motifs is 1. The summed E-state index contributed by atoms with van der Waals surface area (Å²) in [7, 11) is 3.00. The second-order valence-corrected chi connectivity index (χ2v) is 5.93. The van der Waals surface area contributed by atoms with Gasteiger partial charge >= 0.3 is 5.97 Å². The number of hydrogen-bond acceptors (Lipinski definition) is 4. The van der Waals surface area contributed by atoms with E-state index in [1.807, 2.05) is 23.1 Å². The van der Waals surface area contributed by atoms with Gasteiger partial charge in [-0.2, -0.15) is 0 Å². The van der Waals surface area contributed by atoms with Crippen LogP contribution in [-0.2, 0) is 27.3 Å². The number of amides is 1. The van der Waals surface area contributed by atoms with E-state index in [1.165, 1.54) is 7.11 Å². The Balaban J connectivity index is 2.30. The highest BCUT2D eigenvalue weighted by Gasteiger charge is 2.31. The first kappa shape index (κ1) is 17.3. The Morgan fingerprint density at radius 1 is 1.30 bits per heavy atom. The van der Waals surface area contributed by atoms with E-state index < -0.39 is 0 Å². The summed E-state index contributed by atoms with van der Waals surface area (Å²) in [4.78, 5) is 26.3. The van der Waals surface area contributed by atoms with Crippen molar-refractivity contribution in [2.45, 2.75) is 39.2 Å². The first-order valence-corrected chi connectivity index (χ1v) is 8.10. The van der Waals surface area contributed by atoms with Crippen molar-refractivity contribution in [1.29, 1.82) is 0 Å². The van der Waals surface area contributed by atoms with Gasteiger partial charge in [-0.15, -0.1) is 0 Å². The van der Waals surface area contributed by atoms with E-state index in [0.717, 1.165) is 29.7 Å². The lowest BCUT2D eigenvalue weighted by atomic mass is 9.94. The number of methoxy groups -OCH3 is 2. The smallest absolute Gasteiger partial charge is 0.306 e. The maximum Gasteiger partial charge on any atom is 0.306 e. The molecule has 1 atom stereocenters. The molecule has 0 aliphatic carbocycles. The van der Waals surface area contributed by atoms with Crippen LogP contribution in [0.15, 0.2) is 18.2 Å². The number of hydrogen-bond donors (Lipinski definition) is 0. The van der Waals surface area contributed by atoms with Crippen LogP contribution < -0.4 is 4.74 Å². The molecule has 1 aromatic rings. The molecule has 0 bridgehead atoms. The molecule has 5 nitrogen and oxygen atoms in total. The highest BCUT2D eigenvalue weighted by Crippen LogP contribution is 2.28. The molecule has 1 aliphatic rings. The first-order valence-electron chi connectivity index (χ1n) is 8.10. The van der Waals surface area contributed by atoms with Crippen LogP contribution in [0.4, 0.5) is 0 Å². The molecule has 1 aromatic carbocycles. The highest BCUT2D eigenvalue weighted by atomic mass is 16.5. The molecule has 0 N–H and O–H groups in total. The number of ether oxygens (including phenoxy) is 2. The molecule has 0 radical (unpaired) electrons. The van der Waals surface area contributed by atoms with Crippen molar-refractivity contribution in [2.24, 2.45) is 5.92 Å². The molecule has 2 rings (SSSR count). The molecule has 1 unspecified atom stereocenters. The summed E-state index contributed by atoms with van der Waals surface area (Å²) in [5, 5.41) is 0. The Labute approximate surface area is 137 Å². The number of nitrogens with zero attached hydrogens (tertiary/aromatic N) is 1. The van der Waals surface area contributed by atoms with Crippen LogP contribution in [0.5, 0.6) is 5.75 Å². The molecule has 23 heavy (non-hydrogen) atoms. The maximum absolute atomic E-state index is 12.8. The van der Waals surface area contributed by atoms with Gasteiger partial charge in [0.2, 0.25) is 5.91 Å². The molecule has 0 saturated carbocycles. The molecule has 0 fully saturated rings. The van der Waals surface area contributed by atoms with E-state index in [4.69, 9.17) is 9.47 Å². The lowest BCUT2D eigenvalue weighted by Gasteiger charge is -2.24. The van der Waals surface area contributed by atoms with Crippen molar-refractivity contribution < 1.29 is 19.1 Å². The summed E-state index contributed by atoms with van der Waals surface area (Å²) in [6.45, 7) is 3.39. The van der Waals surface area contributed by atoms with Crippen molar-refractivity contribution in [3.63, 3.8) is 0 Å². The van der Waals surface area contributed by atoms with Crippen LogP contribution in [0.25, 0.3) is 0 Å². The van der Waals surface area contributed by atoms with Crippen LogP contribution >= 0.6 is 0 Å². The van der Waals surface area contributed by atoms with E-state index in [-0.39, 0.29) is 24.2 Å². The second-order valence-electron chi connectivity index (χ2n) is 5.93. The van der Waals surface area contributed by atoms with Crippen LogP contribution in [0.2, 0.25) is 0 Å². The molecule has 0 spiro atoms. The van der Waals surface area contributed by atoms with Crippen LogP contribution in [0.3, 0.4) is 0 Å².